The van der Waals surface area contributed by atoms with E-state index in [2.05, 4.69) is 0 Å². The second-order valence-electron chi connectivity index (χ2n) is 3.45. The van der Waals surface area contributed by atoms with Gasteiger partial charge in [-0.2, -0.15) is 0 Å². The molecule has 4 heteroatoms. The molecular formula is C9H13O3P. The van der Waals surface area contributed by atoms with Gasteiger partial charge in [-0.1, -0.05) is 23.8 Å². The fraction of sp³-hybridized carbons (Fsp3) is 0.444. The van der Waals surface area contributed by atoms with Gasteiger partial charge in [0.25, 0.3) is 0 Å². The average molecular weight is 200 g/mol. The summed E-state index contributed by atoms with van der Waals surface area (Å²) in [5, 5.41) is 9.83. The van der Waals surface area contributed by atoms with Crippen LogP contribution < -0.4 is 0 Å². The van der Waals surface area contributed by atoms with Gasteiger partial charge < -0.3 is 9.67 Å². The highest BCUT2D eigenvalue weighted by atomic mass is 31.1. The minimum atomic E-state index is -1.47. The van der Waals surface area contributed by atoms with Crippen LogP contribution in [0.5, 0.6) is 0 Å². The van der Waals surface area contributed by atoms with Crippen LogP contribution in [-0.4, -0.2) is 16.2 Å². The lowest BCUT2D eigenvalue weighted by Crippen LogP contribution is -2.38. The van der Waals surface area contributed by atoms with Crippen LogP contribution in [-0.2, 0) is 9.36 Å². The first-order valence-corrected chi connectivity index (χ1v) is 5.11. The van der Waals surface area contributed by atoms with Crippen LogP contribution in [0.15, 0.2) is 23.8 Å². The molecule has 3 nitrogen and oxygen atoms in total. The molecule has 13 heavy (non-hydrogen) atoms. The molecule has 0 heterocycles. The largest absolute Gasteiger partial charge is 0.385 e. The Kier molecular flexibility index (Phi) is 2.89. The zero-order chi connectivity index (χ0) is 10.1. The predicted molar refractivity (Wildman–Crippen MR) is 52.4 cm³/mol. The van der Waals surface area contributed by atoms with Gasteiger partial charge in [0.15, 0.2) is 5.52 Å². The van der Waals surface area contributed by atoms with E-state index in [0.717, 1.165) is 5.57 Å². The maximum Gasteiger partial charge on any atom is 0.196 e. The van der Waals surface area contributed by atoms with Crippen molar-refractivity contribution in [3.05, 3.63) is 23.8 Å². The Labute approximate surface area is 78.3 Å². The van der Waals surface area contributed by atoms with Crippen molar-refractivity contribution >= 4 is 14.0 Å². The number of hydrogen-bond acceptors (Lipinski definition) is 3. The minimum absolute atomic E-state index is 0.372. The normalized spacial score (nSPS) is 33.8. The lowest BCUT2D eigenvalue weighted by Gasteiger charge is -2.30. The molecule has 0 fully saturated rings. The van der Waals surface area contributed by atoms with E-state index in [9.17, 15) is 14.5 Å². The standard InChI is InChI=1S/C9H13O3P/c1-6-4-3-5-9(2,11)7(6)8(10)13-12/h3-5,7,11H,13H2,1-2H3. The molecule has 1 aliphatic carbocycles. The third kappa shape index (κ3) is 1.98. The Hall–Kier alpha value is -0.660. The van der Waals surface area contributed by atoms with Crippen LogP contribution in [0.25, 0.3) is 0 Å². The van der Waals surface area contributed by atoms with Crippen LogP contribution in [0.3, 0.4) is 0 Å². The molecule has 0 aromatic heterocycles. The molecule has 1 N–H and O–H groups in total. The van der Waals surface area contributed by atoms with Gasteiger partial charge in [-0.25, -0.2) is 0 Å². The molecule has 0 radical (unpaired) electrons. The molecule has 72 valence electrons. The molecule has 0 saturated heterocycles. The first kappa shape index (κ1) is 10.4. The summed E-state index contributed by atoms with van der Waals surface area (Å²) in [7, 11) is -1.47. The summed E-state index contributed by atoms with van der Waals surface area (Å²) in [6.45, 7) is 3.31. The van der Waals surface area contributed by atoms with E-state index in [4.69, 9.17) is 0 Å². The van der Waals surface area contributed by atoms with Gasteiger partial charge in [0, 0.05) is 0 Å². The van der Waals surface area contributed by atoms with Crippen LogP contribution in [0.2, 0.25) is 0 Å². The summed E-state index contributed by atoms with van der Waals surface area (Å²) < 4.78 is 10.5. The van der Waals surface area contributed by atoms with Crippen molar-refractivity contribution in [2.45, 2.75) is 19.4 Å². The molecule has 0 spiro atoms. The van der Waals surface area contributed by atoms with E-state index in [-0.39, 0.29) is 5.52 Å². The summed E-state index contributed by atoms with van der Waals surface area (Å²) in [4.78, 5) is 11.3. The smallest absolute Gasteiger partial charge is 0.196 e. The van der Waals surface area contributed by atoms with Gasteiger partial charge in [-0.3, -0.25) is 4.79 Å². The van der Waals surface area contributed by atoms with E-state index < -0.39 is 20.0 Å². The second-order valence-corrected chi connectivity index (χ2v) is 4.25. The van der Waals surface area contributed by atoms with Gasteiger partial charge in [-0.15, -0.1) is 0 Å². The molecule has 0 saturated carbocycles. The fourth-order valence-corrected chi connectivity index (χ4v) is 2.36. The van der Waals surface area contributed by atoms with Crippen LogP contribution in [0, 0.1) is 5.92 Å². The second kappa shape index (κ2) is 3.60. The monoisotopic (exact) mass is 200 g/mol. The first-order chi connectivity index (χ1) is 5.99. The van der Waals surface area contributed by atoms with E-state index in [1.54, 1.807) is 32.1 Å². The highest BCUT2D eigenvalue weighted by Crippen LogP contribution is 2.32. The van der Waals surface area contributed by atoms with Crippen molar-refractivity contribution in [3.63, 3.8) is 0 Å². The summed E-state index contributed by atoms with van der Waals surface area (Å²) >= 11 is 0. The molecule has 3 unspecified atom stereocenters. The van der Waals surface area contributed by atoms with Crippen LogP contribution >= 0.6 is 8.46 Å². The van der Waals surface area contributed by atoms with E-state index in [1.807, 2.05) is 0 Å². The Balaban J connectivity index is 3.05. The number of hydrogen-bond donors (Lipinski definition) is 1. The highest BCUT2D eigenvalue weighted by molar-refractivity contribution is 7.46. The lowest BCUT2D eigenvalue weighted by atomic mass is 9.81. The van der Waals surface area contributed by atoms with Gasteiger partial charge in [0.05, 0.1) is 11.5 Å². The molecule has 1 rings (SSSR count). The average Bonchev–Trinajstić information content (AvgIpc) is 2.02. The van der Waals surface area contributed by atoms with Gasteiger partial charge >= 0.3 is 0 Å². The van der Waals surface area contributed by atoms with Crippen LogP contribution in [0.1, 0.15) is 13.8 Å². The molecule has 0 aliphatic heterocycles. The van der Waals surface area contributed by atoms with Gasteiger partial charge in [0.2, 0.25) is 0 Å². The van der Waals surface area contributed by atoms with Gasteiger partial charge in [0.1, 0.15) is 8.46 Å². The summed E-state index contributed by atoms with van der Waals surface area (Å²) in [5.41, 5.74) is -0.795. The molecule has 0 aromatic rings. The number of allylic oxidation sites excluding steroid dienone is 2. The topological polar surface area (TPSA) is 54.4 Å². The molecule has 0 aromatic carbocycles. The fourth-order valence-electron chi connectivity index (χ4n) is 1.63. The Morgan fingerprint density at radius 2 is 2.31 bits per heavy atom. The molecule has 3 atom stereocenters. The Morgan fingerprint density at radius 1 is 1.69 bits per heavy atom. The Morgan fingerprint density at radius 3 is 2.77 bits per heavy atom. The summed E-state index contributed by atoms with van der Waals surface area (Å²) in [6, 6.07) is 0. The van der Waals surface area contributed by atoms with Crippen LogP contribution in [0.4, 0.5) is 0 Å². The number of carbonyl (C=O) groups excluding carboxylic acids is 1. The van der Waals surface area contributed by atoms with Crippen molar-refractivity contribution in [3.8, 4) is 0 Å². The number of rotatable bonds is 2. The van der Waals surface area contributed by atoms with E-state index >= 15 is 0 Å². The zero-order valence-corrected chi connectivity index (χ0v) is 8.81. The zero-order valence-electron chi connectivity index (χ0n) is 7.65. The van der Waals surface area contributed by atoms with E-state index in [0.29, 0.717) is 0 Å². The lowest BCUT2D eigenvalue weighted by molar-refractivity contribution is -0.118. The molecule has 0 amide bonds. The Bertz CT molecular complexity index is 302. The maximum atomic E-state index is 11.3. The van der Waals surface area contributed by atoms with Crippen molar-refractivity contribution in [1.82, 2.24) is 0 Å². The third-order valence-electron chi connectivity index (χ3n) is 2.23. The maximum absolute atomic E-state index is 11.3. The SMILES string of the molecule is CC1=CC=CC(C)(O)C1C(=O)[PH2]=O. The minimum Gasteiger partial charge on any atom is -0.385 e. The predicted octanol–water partition coefficient (Wildman–Crippen LogP) is 1.15. The molecule has 0 bridgehead atoms. The summed E-state index contributed by atoms with van der Waals surface area (Å²) in [6.07, 6.45) is 5.02. The van der Waals surface area contributed by atoms with Crippen molar-refractivity contribution in [2.75, 3.05) is 0 Å². The van der Waals surface area contributed by atoms with Crippen molar-refractivity contribution < 1.29 is 14.5 Å². The van der Waals surface area contributed by atoms with Crippen molar-refractivity contribution in [1.29, 1.82) is 0 Å². The first-order valence-electron chi connectivity index (χ1n) is 4.06. The summed E-state index contributed by atoms with van der Waals surface area (Å²) in [5.74, 6) is -0.634. The van der Waals surface area contributed by atoms with E-state index in [1.165, 1.54) is 0 Å². The molecule has 1 aliphatic rings. The number of aliphatic hydroxyl groups is 1. The number of carbonyl (C=O) groups is 1. The van der Waals surface area contributed by atoms with Gasteiger partial charge in [-0.05, 0) is 13.8 Å². The highest BCUT2D eigenvalue weighted by Gasteiger charge is 2.37. The third-order valence-corrected chi connectivity index (χ3v) is 2.80. The molecular weight excluding hydrogens is 187 g/mol. The quantitative estimate of drug-likeness (QED) is 0.680. The van der Waals surface area contributed by atoms with Crippen molar-refractivity contribution in [2.24, 2.45) is 5.92 Å².